The molecule has 1 amide bonds. The van der Waals surface area contributed by atoms with Gasteiger partial charge in [-0.1, -0.05) is 24.0 Å². The predicted molar refractivity (Wildman–Crippen MR) is 60.8 cm³/mol. The monoisotopic (exact) mass is 244 g/mol. The number of nitrogens with one attached hydrogen (secondary N) is 2. The number of nitrogens with zero attached hydrogens (tertiary/aromatic N) is 2. The van der Waals surface area contributed by atoms with Crippen molar-refractivity contribution in [2.75, 3.05) is 7.05 Å². The third-order valence-electron chi connectivity index (χ3n) is 1.74. The summed E-state index contributed by atoms with van der Waals surface area (Å²) in [4.78, 5) is 15.4. The highest BCUT2D eigenvalue weighted by molar-refractivity contribution is 8.26. The van der Waals surface area contributed by atoms with Crippen LogP contribution in [0, 0.1) is 0 Å². The zero-order valence-electron chi connectivity index (χ0n) is 7.72. The van der Waals surface area contributed by atoms with Gasteiger partial charge < -0.3 is 10.4 Å². The lowest BCUT2D eigenvalue weighted by Crippen LogP contribution is -2.44. The third kappa shape index (κ3) is 2.17. The number of aliphatic hydroxyl groups is 1. The zero-order chi connectivity index (χ0) is 11.1. The summed E-state index contributed by atoms with van der Waals surface area (Å²) in [5.41, 5.74) is 2.65. The van der Waals surface area contributed by atoms with Crippen molar-refractivity contribution in [3.8, 4) is 0 Å². The Morgan fingerprint density at radius 2 is 2.53 bits per heavy atom. The molecule has 0 aromatic carbocycles. The Morgan fingerprint density at radius 3 is 3.00 bits per heavy atom. The van der Waals surface area contributed by atoms with Crippen LogP contribution < -0.4 is 10.7 Å². The van der Waals surface area contributed by atoms with Gasteiger partial charge in [-0.05, 0) is 0 Å². The van der Waals surface area contributed by atoms with Crippen molar-refractivity contribution in [2.45, 2.75) is 5.85 Å². The molecule has 2 heterocycles. The zero-order valence-corrected chi connectivity index (χ0v) is 9.35. The van der Waals surface area contributed by atoms with Gasteiger partial charge in [0.2, 0.25) is 0 Å². The Balaban J connectivity index is 2.20. The molecular formula is C7H8N4O2S2. The van der Waals surface area contributed by atoms with Gasteiger partial charge in [-0.2, -0.15) is 5.43 Å². The van der Waals surface area contributed by atoms with Crippen molar-refractivity contribution < 1.29 is 9.90 Å². The molecule has 6 nitrogen and oxygen atoms in total. The summed E-state index contributed by atoms with van der Waals surface area (Å²) in [7, 11) is 1.69. The van der Waals surface area contributed by atoms with Gasteiger partial charge in [-0.25, -0.2) is 4.99 Å². The fourth-order valence-electron chi connectivity index (χ4n) is 1.17. The van der Waals surface area contributed by atoms with Crippen LogP contribution in [0.1, 0.15) is 0 Å². The second-order valence-corrected chi connectivity index (χ2v) is 4.76. The van der Waals surface area contributed by atoms with Crippen molar-refractivity contribution in [1.29, 1.82) is 0 Å². The highest BCUT2D eigenvalue weighted by Crippen LogP contribution is 2.26. The molecule has 1 fully saturated rings. The molecule has 0 aromatic rings. The van der Waals surface area contributed by atoms with Crippen molar-refractivity contribution in [3.05, 3.63) is 11.0 Å². The fraction of sp³-hybridized carbons (Fsp3) is 0.286. The van der Waals surface area contributed by atoms with Gasteiger partial charge in [0.05, 0.1) is 4.91 Å². The number of carbonyl (C=O) groups excluding carboxylic acids is 1. The van der Waals surface area contributed by atoms with Crippen LogP contribution in [0.15, 0.2) is 16.0 Å². The Hall–Kier alpha value is -0.960. The quantitative estimate of drug-likeness (QED) is 0.412. The van der Waals surface area contributed by atoms with Crippen LogP contribution in [0.2, 0.25) is 0 Å². The summed E-state index contributed by atoms with van der Waals surface area (Å²) in [6.07, 6.45) is 2.75. The minimum Gasteiger partial charge on any atom is -0.353 e. The number of rotatable bonds is 1. The number of hydrogen-bond donors (Lipinski definition) is 3. The maximum absolute atomic E-state index is 11.3. The molecule has 2 aliphatic rings. The molecule has 0 aromatic heterocycles. The molecule has 80 valence electrons. The maximum Gasteiger partial charge on any atom is 0.263 e. The van der Waals surface area contributed by atoms with E-state index in [0.29, 0.717) is 9.23 Å². The first-order valence-corrected chi connectivity index (χ1v) is 5.25. The highest BCUT2D eigenvalue weighted by atomic mass is 32.2. The summed E-state index contributed by atoms with van der Waals surface area (Å²) >= 11 is 5.91. The van der Waals surface area contributed by atoms with Crippen molar-refractivity contribution in [1.82, 2.24) is 15.8 Å². The van der Waals surface area contributed by atoms with Gasteiger partial charge in [0.15, 0.2) is 0 Å². The average molecular weight is 244 g/mol. The Bertz CT molecular complexity index is 394. The molecular weight excluding hydrogens is 236 g/mol. The minimum atomic E-state index is -1.56. The van der Waals surface area contributed by atoms with Crippen LogP contribution in [0.25, 0.3) is 0 Å². The maximum atomic E-state index is 11.3. The van der Waals surface area contributed by atoms with Gasteiger partial charge in [-0.15, -0.1) is 0 Å². The molecule has 8 heteroatoms. The summed E-state index contributed by atoms with van der Waals surface area (Å²) in [5, 5.41) is 13.8. The van der Waals surface area contributed by atoms with Crippen molar-refractivity contribution in [3.63, 3.8) is 0 Å². The van der Waals surface area contributed by atoms with Gasteiger partial charge in [0.1, 0.15) is 10.7 Å². The third-order valence-corrected chi connectivity index (χ3v) is 2.91. The lowest BCUT2D eigenvalue weighted by atomic mass is 10.3. The van der Waals surface area contributed by atoms with E-state index < -0.39 is 5.85 Å². The molecule has 15 heavy (non-hydrogen) atoms. The molecule has 0 spiro atoms. The first-order valence-electron chi connectivity index (χ1n) is 4.03. The molecule has 0 bridgehead atoms. The smallest absolute Gasteiger partial charge is 0.263 e. The highest BCUT2D eigenvalue weighted by Gasteiger charge is 2.32. The largest absolute Gasteiger partial charge is 0.353 e. The lowest BCUT2D eigenvalue weighted by Gasteiger charge is -2.18. The van der Waals surface area contributed by atoms with Crippen LogP contribution in [-0.2, 0) is 4.79 Å². The summed E-state index contributed by atoms with van der Waals surface area (Å²) in [6.45, 7) is 0. The Kier molecular flexibility index (Phi) is 2.51. The number of aliphatic imine (C=N–C) groups is 1. The first kappa shape index (κ1) is 10.6. The molecule has 0 aliphatic carbocycles. The van der Waals surface area contributed by atoms with Gasteiger partial charge in [-0.3, -0.25) is 9.80 Å². The molecule has 1 unspecified atom stereocenters. The normalized spacial score (nSPS) is 32.9. The fourth-order valence-corrected chi connectivity index (χ4v) is 2.24. The van der Waals surface area contributed by atoms with Gasteiger partial charge >= 0.3 is 0 Å². The molecule has 3 N–H and O–H groups in total. The van der Waals surface area contributed by atoms with Crippen LogP contribution in [0.5, 0.6) is 0 Å². The molecule has 0 radical (unpaired) electrons. The topological polar surface area (TPSA) is 77.0 Å². The van der Waals surface area contributed by atoms with Gasteiger partial charge in [0, 0.05) is 13.1 Å². The number of hydrazine groups is 1. The summed E-state index contributed by atoms with van der Waals surface area (Å²) < 4.78 is 0.380. The second kappa shape index (κ2) is 3.56. The standard InChI is InChI=1S/C7H8N4O2S2/c1-11-3-8-7(13,10-11)2-4-5(12)9-6(14)15-4/h2-3,10,13H,1H3,(H,9,12,14). The van der Waals surface area contributed by atoms with Crippen molar-refractivity contribution >= 4 is 40.5 Å². The Morgan fingerprint density at radius 1 is 1.80 bits per heavy atom. The number of amides is 1. The number of hydrogen-bond acceptors (Lipinski definition) is 7. The van der Waals surface area contributed by atoms with Crippen LogP contribution in [0.4, 0.5) is 0 Å². The van der Waals surface area contributed by atoms with Crippen molar-refractivity contribution in [2.24, 2.45) is 4.99 Å². The average Bonchev–Trinajstić information content (AvgIpc) is 2.58. The van der Waals surface area contributed by atoms with E-state index in [1.54, 1.807) is 7.05 Å². The molecule has 2 rings (SSSR count). The minimum absolute atomic E-state index is 0.315. The van der Waals surface area contributed by atoms with E-state index in [9.17, 15) is 9.90 Å². The SMILES string of the molecule is CN1C=NC(O)(C=C2SC(=S)NC2=O)N1. The summed E-state index contributed by atoms with van der Waals surface area (Å²) in [5.74, 6) is -1.88. The number of carbonyl (C=O) groups is 1. The van der Waals surface area contributed by atoms with E-state index in [4.69, 9.17) is 12.2 Å². The number of thiocarbonyl (C=S) groups is 1. The van der Waals surface area contributed by atoms with E-state index in [1.807, 2.05) is 0 Å². The predicted octanol–water partition coefficient (Wildman–Crippen LogP) is -0.857. The van der Waals surface area contributed by atoms with E-state index in [2.05, 4.69) is 15.7 Å². The molecule has 1 saturated heterocycles. The van der Waals surface area contributed by atoms with E-state index in [0.717, 1.165) is 11.8 Å². The van der Waals surface area contributed by atoms with Crippen LogP contribution in [0.3, 0.4) is 0 Å². The summed E-state index contributed by atoms with van der Waals surface area (Å²) in [6, 6.07) is 0. The first-order chi connectivity index (χ1) is 6.98. The number of thioether (sulfide) groups is 1. The van der Waals surface area contributed by atoms with E-state index in [1.165, 1.54) is 17.4 Å². The van der Waals surface area contributed by atoms with Gasteiger partial charge in [0.25, 0.3) is 11.8 Å². The Labute approximate surface area is 95.4 Å². The molecule has 1 atom stereocenters. The molecule has 0 saturated carbocycles. The van der Waals surface area contributed by atoms with Crippen LogP contribution >= 0.6 is 24.0 Å². The lowest BCUT2D eigenvalue weighted by molar-refractivity contribution is -0.115. The van der Waals surface area contributed by atoms with E-state index in [-0.39, 0.29) is 5.91 Å². The van der Waals surface area contributed by atoms with Crippen LogP contribution in [-0.4, -0.2) is 39.6 Å². The van der Waals surface area contributed by atoms with E-state index >= 15 is 0 Å². The molecule has 2 aliphatic heterocycles. The second-order valence-electron chi connectivity index (χ2n) is 3.05.